The summed E-state index contributed by atoms with van der Waals surface area (Å²) in [7, 11) is 3.31. The third-order valence-electron chi connectivity index (χ3n) is 7.80. The number of fused-ring (bicyclic) bond motifs is 1. The number of benzene rings is 2. The summed E-state index contributed by atoms with van der Waals surface area (Å²) in [6, 6.07) is 16.7. The number of methoxy groups -OCH3 is 2. The third-order valence-corrected chi connectivity index (χ3v) is 7.80. The molecule has 0 aromatic heterocycles. The van der Waals surface area contributed by atoms with Gasteiger partial charge in [-0.2, -0.15) is 0 Å². The van der Waals surface area contributed by atoms with Gasteiger partial charge in [-0.15, -0.1) is 0 Å². The monoisotopic (exact) mass is 493 g/mol. The van der Waals surface area contributed by atoms with Crippen molar-refractivity contribution in [3.63, 3.8) is 0 Å². The van der Waals surface area contributed by atoms with Gasteiger partial charge >= 0.3 is 6.03 Å². The smallest absolute Gasteiger partial charge is 0.320 e. The Balaban J connectivity index is 1.28. The molecule has 3 heterocycles. The maximum atomic E-state index is 13.3. The van der Waals surface area contributed by atoms with Crippen LogP contribution in [0.2, 0.25) is 0 Å². The Morgan fingerprint density at radius 1 is 0.944 bits per heavy atom. The predicted molar refractivity (Wildman–Crippen MR) is 135 cm³/mol. The maximum Gasteiger partial charge on any atom is 0.320 e. The van der Waals surface area contributed by atoms with Crippen LogP contribution in [0.4, 0.5) is 4.79 Å². The zero-order valence-corrected chi connectivity index (χ0v) is 21.0. The van der Waals surface area contributed by atoms with Crippen LogP contribution < -0.4 is 14.8 Å². The summed E-state index contributed by atoms with van der Waals surface area (Å²) < 4.78 is 16.7. The molecule has 0 bridgehead atoms. The van der Waals surface area contributed by atoms with E-state index in [0.717, 1.165) is 30.8 Å². The molecule has 3 fully saturated rings. The van der Waals surface area contributed by atoms with Crippen LogP contribution in [0.3, 0.4) is 0 Å². The van der Waals surface area contributed by atoms with E-state index in [1.165, 1.54) is 11.1 Å². The Morgan fingerprint density at radius 2 is 1.67 bits per heavy atom. The molecule has 3 atom stereocenters. The van der Waals surface area contributed by atoms with Crippen LogP contribution in [0.5, 0.6) is 11.5 Å². The molecule has 36 heavy (non-hydrogen) atoms. The predicted octanol–water partition coefficient (Wildman–Crippen LogP) is 3.26. The van der Waals surface area contributed by atoms with Crippen molar-refractivity contribution in [2.75, 3.05) is 47.0 Å². The number of carbonyl (C=O) groups is 2. The molecule has 3 aliphatic rings. The highest BCUT2D eigenvalue weighted by atomic mass is 16.5. The van der Waals surface area contributed by atoms with E-state index in [1.807, 2.05) is 21.9 Å². The van der Waals surface area contributed by atoms with Crippen LogP contribution in [-0.4, -0.2) is 80.9 Å². The van der Waals surface area contributed by atoms with Crippen LogP contribution in [0.15, 0.2) is 48.5 Å². The van der Waals surface area contributed by atoms with E-state index in [0.29, 0.717) is 32.1 Å². The van der Waals surface area contributed by atoms with Gasteiger partial charge in [-0.05, 0) is 48.4 Å². The zero-order valence-electron chi connectivity index (χ0n) is 21.0. The molecule has 5 rings (SSSR count). The first kappa shape index (κ1) is 24.4. The van der Waals surface area contributed by atoms with Gasteiger partial charge in [0.1, 0.15) is 6.61 Å². The fraction of sp³-hybridized carbons (Fsp3) is 0.500. The van der Waals surface area contributed by atoms with Crippen molar-refractivity contribution in [3.05, 3.63) is 59.7 Å². The molecule has 3 amide bonds. The van der Waals surface area contributed by atoms with Crippen LogP contribution in [0.25, 0.3) is 0 Å². The quantitative estimate of drug-likeness (QED) is 0.692. The van der Waals surface area contributed by atoms with Gasteiger partial charge in [-0.25, -0.2) is 4.79 Å². The van der Waals surface area contributed by atoms with E-state index < -0.39 is 0 Å². The summed E-state index contributed by atoms with van der Waals surface area (Å²) >= 11 is 0. The Bertz CT molecular complexity index is 1070. The van der Waals surface area contributed by atoms with Gasteiger partial charge in [0.2, 0.25) is 5.91 Å². The van der Waals surface area contributed by atoms with Gasteiger partial charge < -0.3 is 29.3 Å². The second-order valence-electron chi connectivity index (χ2n) is 9.87. The number of morpholine rings is 1. The number of rotatable bonds is 5. The van der Waals surface area contributed by atoms with Crippen molar-refractivity contribution in [2.24, 2.45) is 5.92 Å². The van der Waals surface area contributed by atoms with Crippen LogP contribution in [0, 0.1) is 5.92 Å². The van der Waals surface area contributed by atoms with Crippen molar-refractivity contribution in [1.29, 1.82) is 0 Å². The number of amides is 3. The Hall–Kier alpha value is -3.26. The van der Waals surface area contributed by atoms with Crippen molar-refractivity contribution in [3.8, 4) is 11.5 Å². The lowest BCUT2D eigenvalue weighted by molar-refractivity contribution is -0.139. The molecule has 8 heteroatoms. The summed E-state index contributed by atoms with van der Waals surface area (Å²) in [5.74, 6) is 1.94. The molecule has 0 saturated carbocycles. The molecule has 0 radical (unpaired) electrons. The number of nitrogens with zero attached hydrogens (tertiary/aromatic N) is 2. The summed E-state index contributed by atoms with van der Waals surface area (Å²) in [4.78, 5) is 28.9. The normalized spacial score (nSPS) is 23.4. The van der Waals surface area contributed by atoms with Crippen LogP contribution in [-0.2, 0) is 9.53 Å². The second-order valence-corrected chi connectivity index (χ2v) is 9.87. The van der Waals surface area contributed by atoms with E-state index in [9.17, 15) is 9.59 Å². The lowest BCUT2D eigenvalue weighted by Gasteiger charge is -2.44. The van der Waals surface area contributed by atoms with Gasteiger partial charge in [-0.3, -0.25) is 4.79 Å². The molecule has 8 nitrogen and oxygen atoms in total. The molecule has 192 valence electrons. The second kappa shape index (κ2) is 10.8. The highest BCUT2D eigenvalue weighted by molar-refractivity contribution is 5.79. The van der Waals surface area contributed by atoms with E-state index in [1.54, 1.807) is 14.2 Å². The SMILES string of the molecule is COc1ccc([C@H](c2ccccc2)C2CCN(C(=O)N3CC[C@@H]4OCC(=O)N[C@@H]4C3)CC2)cc1OC. The molecule has 0 aliphatic carbocycles. The van der Waals surface area contributed by atoms with Gasteiger partial charge in [0, 0.05) is 32.1 Å². The van der Waals surface area contributed by atoms with E-state index in [2.05, 4.69) is 41.7 Å². The topological polar surface area (TPSA) is 80.3 Å². The number of ether oxygens (including phenoxy) is 3. The van der Waals surface area contributed by atoms with Crippen molar-refractivity contribution < 1.29 is 23.8 Å². The minimum absolute atomic E-state index is 0.00519. The number of hydrogen-bond acceptors (Lipinski definition) is 5. The van der Waals surface area contributed by atoms with Gasteiger partial charge in [-0.1, -0.05) is 36.4 Å². The first-order valence-electron chi connectivity index (χ1n) is 12.8. The van der Waals surface area contributed by atoms with E-state index in [-0.39, 0.29) is 36.6 Å². The molecule has 1 N–H and O–H groups in total. The third kappa shape index (κ3) is 5.00. The standard InChI is InChI=1S/C28H35N3O5/c1-34-24-9-8-21(16-25(24)35-2)27(19-6-4-3-5-7-19)20-10-13-30(14-11-20)28(33)31-15-12-23-22(17-31)29-26(32)18-36-23/h3-9,16,20,22-23,27H,10-15,17-18H2,1-2H3,(H,29,32)/t22-,23+,27-/m1/s1. The molecule has 2 aromatic carbocycles. The molecule has 0 unspecified atom stereocenters. The molecular weight excluding hydrogens is 458 g/mol. The van der Waals surface area contributed by atoms with Gasteiger partial charge in [0.15, 0.2) is 11.5 Å². The molecule has 3 saturated heterocycles. The van der Waals surface area contributed by atoms with Crippen LogP contribution in [0.1, 0.15) is 36.3 Å². The lowest BCUT2D eigenvalue weighted by atomic mass is 9.76. The van der Waals surface area contributed by atoms with E-state index in [4.69, 9.17) is 14.2 Å². The number of nitrogens with one attached hydrogen (secondary N) is 1. The van der Waals surface area contributed by atoms with Crippen molar-refractivity contribution in [1.82, 2.24) is 15.1 Å². The van der Waals surface area contributed by atoms with Crippen molar-refractivity contribution in [2.45, 2.75) is 37.3 Å². The molecule has 0 spiro atoms. The summed E-state index contributed by atoms with van der Waals surface area (Å²) in [5.41, 5.74) is 2.46. The highest BCUT2D eigenvalue weighted by Gasteiger charge is 2.38. The highest BCUT2D eigenvalue weighted by Crippen LogP contribution is 2.41. The fourth-order valence-electron chi connectivity index (χ4n) is 5.94. The van der Waals surface area contributed by atoms with E-state index >= 15 is 0 Å². The number of hydrogen-bond donors (Lipinski definition) is 1. The summed E-state index contributed by atoms with van der Waals surface area (Å²) in [5, 5.41) is 2.99. The first-order valence-corrected chi connectivity index (χ1v) is 12.8. The Kier molecular flexibility index (Phi) is 7.32. The molecule has 3 aliphatic heterocycles. The Morgan fingerprint density at radius 3 is 2.39 bits per heavy atom. The average molecular weight is 494 g/mol. The zero-order chi connectivity index (χ0) is 25.1. The fourth-order valence-corrected chi connectivity index (χ4v) is 5.94. The number of carbonyl (C=O) groups excluding carboxylic acids is 2. The first-order chi connectivity index (χ1) is 17.6. The van der Waals surface area contributed by atoms with Crippen LogP contribution >= 0.6 is 0 Å². The van der Waals surface area contributed by atoms with Gasteiger partial charge in [0.25, 0.3) is 0 Å². The average Bonchev–Trinajstić information content (AvgIpc) is 2.93. The lowest BCUT2D eigenvalue weighted by Crippen LogP contribution is -2.62. The summed E-state index contributed by atoms with van der Waals surface area (Å²) in [6.45, 7) is 2.72. The number of likely N-dealkylation sites (tertiary alicyclic amines) is 2. The number of urea groups is 1. The van der Waals surface area contributed by atoms with Gasteiger partial charge in [0.05, 0.1) is 26.4 Å². The number of piperidine rings is 2. The minimum atomic E-state index is -0.117. The van der Waals surface area contributed by atoms with Crippen molar-refractivity contribution >= 4 is 11.9 Å². The maximum absolute atomic E-state index is 13.3. The largest absolute Gasteiger partial charge is 0.493 e. The minimum Gasteiger partial charge on any atom is -0.493 e. The molecular formula is C28H35N3O5. The Labute approximate surface area is 212 Å². The summed E-state index contributed by atoms with van der Waals surface area (Å²) in [6.07, 6.45) is 2.59. The molecule has 2 aromatic rings.